The van der Waals surface area contributed by atoms with E-state index in [2.05, 4.69) is 15.9 Å². The second-order valence-electron chi connectivity index (χ2n) is 5.24. The highest BCUT2D eigenvalue weighted by Gasteiger charge is 2.32. The predicted molar refractivity (Wildman–Crippen MR) is 97.1 cm³/mol. The van der Waals surface area contributed by atoms with Gasteiger partial charge in [-0.25, -0.2) is 0 Å². The molecule has 2 rings (SSSR count). The first-order valence-electron chi connectivity index (χ1n) is 6.65. The van der Waals surface area contributed by atoms with E-state index in [0.29, 0.717) is 31.9 Å². The number of phenols is 1. The van der Waals surface area contributed by atoms with Gasteiger partial charge in [0.05, 0.1) is 16.5 Å². The number of thioether (sulfide) groups is 1. The molecule has 22 heavy (non-hydrogen) atoms. The summed E-state index contributed by atoms with van der Waals surface area (Å²) in [6.45, 7) is 4.71. The minimum absolute atomic E-state index is 0.0343. The van der Waals surface area contributed by atoms with Gasteiger partial charge in [-0.2, -0.15) is 0 Å². The molecule has 4 nitrogen and oxygen atoms in total. The SMILES string of the molecule is COc1cc(/C=C2\SC(=S)N(CC(C)C)C2=O)cc(Br)c1O. The lowest BCUT2D eigenvalue weighted by atomic mass is 10.1. The number of amides is 1. The number of halogens is 1. The second kappa shape index (κ2) is 7.02. The molecule has 0 aliphatic carbocycles. The maximum absolute atomic E-state index is 12.4. The van der Waals surface area contributed by atoms with Crippen LogP contribution >= 0.6 is 39.9 Å². The lowest BCUT2D eigenvalue weighted by Gasteiger charge is -2.16. The van der Waals surface area contributed by atoms with Gasteiger partial charge in [-0.05, 0) is 45.6 Å². The first-order chi connectivity index (χ1) is 10.3. The van der Waals surface area contributed by atoms with Gasteiger partial charge in [-0.15, -0.1) is 0 Å². The Bertz CT molecular complexity index is 658. The van der Waals surface area contributed by atoms with E-state index < -0.39 is 0 Å². The van der Waals surface area contributed by atoms with Gasteiger partial charge in [0.2, 0.25) is 0 Å². The molecule has 1 saturated heterocycles. The quantitative estimate of drug-likeness (QED) is 0.609. The Kier molecular flexibility index (Phi) is 5.52. The van der Waals surface area contributed by atoms with Crippen molar-refractivity contribution in [2.45, 2.75) is 13.8 Å². The monoisotopic (exact) mass is 401 g/mol. The topological polar surface area (TPSA) is 49.8 Å². The zero-order chi connectivity index (χ0) is 16.4. The van der Waals surface area contributed by atoms with Crippen LogP contribution in [0.1, 0.15) is 19.4 Å². The number of ether oxygens (including phenoxy) is 1. The minimum Gasteiger partial charge on any atom is -0.503 e. The van der Waals surface area contributed by atoms with Crippen molar-refractivity contribution in [3.8, 4) is 11.5 Å². The average molecular weight is 402 g/mol. The number of hydrogen-bond acceptors (Lipinski definition) is 5. The highest BCUT2D eigenvalue weighted by molar-refractivity contribution is 9.10. The first kappa shape index (κ1) is 17.3. The summed E-state index contributed by atoms with van der Waals surface area (Å²) in [6, 6.07) is 3.40. The second-order valence-corrected chi connectivity index (χ2v) is 7.77. The van der Waals surface area contributed by atoms with Gasteiger partial charge in [0, 0.05) is 6.54 Å². The van der Waals surface area contributed by atoms with E-state index in [4.69, 9.17) is 17.0 Å². The molecule has 0 radical (unpaired) electrons. The van der Waals surface area contributed by atoms with Crippen LogP contribution in [0.25, 0.3) is 6.08 Å². The Morgan fingerprint density at radius 3 is 2.77 bits per heavy atom. The largest absolute Gasteiger partial charge is 0.503 e. The Morgan fingerprint density at radius 2 is 2.18 bits per heavy atom. The number of phenolic OH excluding ortho intramolecular Hbond substituents is 1. The van der Waals surface area contributed by atoms with Gasteiger partial charge in [-0.1, -0.05) is 37.8 Å². The van der Waals surface area contributed by atoms with Crippen molar-refractivity contribution < 1.29 is 14.6 Å². The number of carbonyl (C=O) groups is 1. The number of hydrogen-bond donors (Lipinski definition) is 1. The summed E-state index contributed by atoms with van der Waals surface area (Å²) in [5.41, 5.74) is 0.756. The fourth-order valence-electron chi connectivity index (χ4n) is 2.01. The van der Waals surface area contributed by atoms with Crippen LogP contribution in [0.3, 0.4) is 0 Å². The maximum atomic E-state index is 12.4. The van der Waals surface area contributed by atoms with E-state index in [1.165, 1.54) is 18.9 Å². The van der Waals surface area contributed by atoms with Gasteiger partial charge in [0.1, 0.15) is 4.32 Å². The van der Waals surface area contributed by atoms with Gasteiger partial charge in [0.15, 0.2) is 11.5 Å². The van der Waals surface area contributed by atoms with Crippen LogP contribution in [0.15, 0.2) is 21.5 Å². The van der Waals surface area contributed by atoms with Crippen molar-refractivity contribution in [1.29, 1.82) is 0 Å². The number of aromatic hydroxyl groups is 1. The van der Waals surface area contributed by atoms with E-state index >= 15 is 0 Å². The first-order valence-corrected chi connectivity index (χ1v) is 8.67. The standard InChI is InChI=1S/C15H16BrNO3S2/c1-8(2)7-17-14(19)12(22-15(17)21)6-9-4-10(16)13(18)11(5-9)20-3/h4-6,8,18H,7H2,1-3H3/b12-6-. The molecule has 1 aliphatic heterocycles. The number of nitrogens with zero attached hydrogens (tertiary/aromatic N) is 1. The van der Waals surface area contributed by atoms with Crippen LogP contribution in [-0.4, -0.2) is 33.9 Å². The molecule has 1 N–H and O–H groups in total. The third-order valence-corrected chi connectivity index (χ3v) is 4.97. The molecule has 1 aromatic rings. The van der Waals surface area contributed by atoms with Crippen LogP contribution in [0.2, 0.25) is 0 Å². The molecule has 0 saturated carbocycles. The van der Waals surface area contributed by atoms with E-state index in [0.717, 1.165) is 5.56 Å². The van der Waals surface area contributed by atoms with Crippen molar-refractivity contribution in [1.82, 2.24) is 4.90 Å². The molecule has 0 spiro atoms. The van der Waals surface area contributed by atoms with Crippen molar-refractivity contribution in [3.63, 3.8) is 0 Å². The summed E-state index contributed by atoms with van der Waals surface area (Å²) in [5, 5.41) is 9.82. The molecule has 7 heteroatoms. The lowest BCUT2D eigenvalue weighted by Crippen LogP contribution is -2.31. The zero-order valence-corrected chi connectivity index (χ0v) is 15.6. The third kappa shape index (κ3) is 3.64. The Morgan fingerprint density at radius 1 is 1.50 bits per heavy atom. The number of thiocarbonyl (C=S) groups is 1. The van der Waals surface area contributed by atoms with Gasteiger partial charge < -0.3 is 9.84 Å². The van der Waals surface area contributed by atoms with Gasteiger partial charge in [0.25, 0.3) is 5.91 Å². The number of carbonyl (C=O) groups excluding carboxylic acids is 1. The average Bonchev–Trinajstić information content (AvgIpc) is 2.70. The third-order valence-electron chi connectivity index (χ3n) is 2.99. The van der Waals surface area contributed by atoms with E-state index in [-0.39, 0.29) is 11.7 Å². The van der Waals surface area contributed by atoms with Crippen LogP contribution in [0.5, 0.6) is 11.5 Å². The Labute approximate surface area is 147 Å². The fourth-order valence-corrected chi connectivity index (χ4v) is 3.74. The van der Waals surface area contributed by atoms with Crippen molar-refractivity contribution in [2.24, 2.45) is 5.92 Å². The zero-order valence-electron chi connectivity index (χ0n) is 12.4. The van der Waals surface area contributed by atoms with Crippen LogP contribution in [0, 0.1) is 5.92 Å². The van der Waals surface area contributed by atoms with E-state index in [1.807, 2.05) is 13.8 Å². The number of benzene rings is 1. The molecule has 118 valence electrons. The minimum atomic E-state index is -0.0770. The molecule has 1 aliphatic rings. The maximum Gasteiger partial charge on any atom is 0.266 e. The van der Waals surface area contributed by atoms with E-state index in [1.54, 1.807) is 23.1 Å². The predicted octanol–water partition coefficient (Wildman–Crippen LogP) is 4.02. The van der Waals surface area contributed by atoms with Crippen LogP contribution < -0.4 is 4.74 Å². The smallest absolute Gasteiger partial charge is 0.266 e. The summed E-state index contributed by atoms with van der Waals surface area (Å²) >= 11 is 9.84. The van der Waals surface area contributed by atoms with Crippen LogP contribution in [0.4, 0.5) is 0 Å². The molecular weight excluding hydrogens is 386 g/mol. The molecular formula is C15H16BrNO3S2. The summed E-state index contributed by atoms with van der Waals surface area (Å²) in [6.07, 6.45) is 1.76. The fraction of sp³-hybridized carbons (Fsp3) is 0.333. The molecule has 1 aromatic carbocycles. The molecule has 1 fully saturated rings. The van der Waals surface area contributed by atoms with Crippen LogP contribution in [-0.2, 0) is 4.79 Å². The van der Waals surface area contributed by atoms with Crippen molar-refractivity contribution in [3.05, 3.63) is 27.1 Å². The lowest BCUT2D eigenvalue weighted by molar-refractivity contribution is -0.122. The Balaban J connectivity index is 2.33. The highest BCUT2D eigenvalue weighted by Crippen LogP contribution is 2.38. The summed E-state index contributed by atoms with van der Waals surface area (Å²) in [7, 11) is 1.48. The molecule has 1 heterocycles. The van der Waals surface area contributed by atoms with Gasteiger partial charge >= 0.3 is 0 Å². The summed E-state index contributed by atoms with van der Waals surface area (Å²) in [5.74, 6) is 0.655. The van der Waals surface area contributed by atoms with E-state index in [9.17, 15) is 9.90 Å². The summed E-state index contributed by atoms with van der Waals surface area (Å²) in [4.78, 5) is 14.6. The Hall–Kier alpha value is -1.05. The number of rotatable bonds is 4. The molecule has 0 atom stereocenters. The van der Waals surface area contributed by atoms with Crippen molar-refractivity contribution in [2.75, 3.05) is 13.7 Å². The molecule has 0 bridgehead atoms. The summed E-state index contributed by atoms with van der Waals surface area (Å²) < 4.78 is 6.20. The molecule has 0 aromatic heterocycles. The highest BCUT2D eigenvalue weighted by atomic mass is 79.9. The molecule has 0 unspecified atom stereocenters. The van der Waals surface area contributed by atoms with Crippen molar-refractivity contribution >= 4 is 56.2 Å². The normalized spacial score (nSPS) is 17.0. The van der Waals surface area contributed by atoms with Gasteiger partial charge in [-0.3, -0.25) is 9.69 Å². The molecule has 1 amide bonds. The number of methoxy groups -OCH3 is 1.